The number of aromatic hydroxyl groups is 1. The lowest BCUT2D eigenvalue weighted by Gasteiger charge is -2.12. The molecule has 0 aliphatic heterocycles. The van der Waals surface area contributed by atoms with E-state index in [1.165, 1.54) is 6.07 Å². The van der Waals surface area contributed by atoms with Crippen LogP contribution in [0.15, 0.2) is 39.3 Å². The molecule has 0 aliphatic rings. The van der Waals surface area contributed by atoms with Crippen LogP contribution in [0, 0.1) is 6.92 Å². The fraction of sp³-hybridized carbons (Fsp3) is 0.0714. The smallest absolute Gasteiger partial charge is 0.255 e. The van der Waals surface area contributed by atoms with Gasteiger partial charge in [0.15, 0.2) is 0 Å². The van der Waals surface area contributed by atoms with E-state index < -0.39 is 0 Å². The lowest BCUT2D eigenvalue weighted by molar-refractivity contribution is 0.102. The highest BCUT2D eigenvalue weighted by molar-refractivity contribution is 9.11. The largest absolute Gasteiger partial charge is 0.508 e. The van der Waals surface area contributed by atoms with Gasteiger partial charge in [-0.3, -0.25) is 4.79 Å². The summed E-state index contributed by atoms with van der Waals surface area (Å²) in [4.78, 5) is 12.3. The number of nitrogens with two attached hydrogens (primary N) is 1. The number of hydrogen-bond acceptors (Lipinski definition) is 3. The van der Waals surface area contributed by atoms with Crippen molar-refractivity contribution in [2.24, 2.45) is 0 Å². The third kappa shape index (κ3) is 3.13. The molecule has 4 N–H and O–H groups in total. The summed E-state index contributed by atoms with van der Waals surface area (Å²) in [5.41, 5.74) is 8.10. The number of benzene rings is 2. The summed E-state index contributed by atoms with van der Waals surface area (Å²) in [6.45, 7) is 1.77. The number of phenols is 1. The molecule has 0 saturated carbocycles. The maximum atomic E-state index is 12.3. The number of hydrogen-bond donors (Lipinski definition) is 3. The highest BCUT2D eigenvalue weighted by Gasteiger charge is 2.14. The zero-order valence-corrected chi connectivity index (χ0v) is 13.7. The standard InChI is InChI=1S/C14H12Br2N2O2/c1-7-4-9(19)2-3-10(7)14(20)18-13-11(15)5-8(17)6-12(13)16/h2-6,19H,17H2,1H3,(H,18,20). The van der Waals surface area contributed by atoms with Gasteiger partial charge in [-0.25, -0.2) is 0 Å². The molecule has 0 unspecified atom stereocenters. The fourth-order valence-electron chi connectivity index (χ4n) is 1.80. The quantitative estimate of drug-likeness (QED) is 0.666. The number of halogens is 2. The van der Waals surface area contributed by atoms with Gasteiger partial charge in [-0.1, -0.05) is 0 Å². The Bertz CT molecular complexity index is 664. The first-order chi connectivity index (χ1) is 9.38. The number of rotatable bonds is 2. The topological polar surface area (TPSA) is 75.3 Å². The van der Waals surface area contributed by atoms with Crippen LogP contribution >= 0.6 is 31.9 Å². The van der Waals surface area contributed by atoms with Crippen molar-refractivity contribution in [3.8, 4) is 5.75 Å². The molecule has 2 rings (SSSR count). The average molecular weight is 400 g/mol. The summed E-state index contributed by atoms with van der Waals surface area (Å²) in [5.74, 6) is -0.123. The van der Waals surface area contributed by atoms with Gasteiger partial charge in [0.05, 0.1) is 5.69 Å². The Labute approximate surface area is 133 Å². The Hall–Kier alpha value is -1.53. The zero-order chi connectivity index (χ0) is 14.9. The lowest BCUT2D eigenvalue weighted by atomic mass is 10.1. The summed E-state index contributed by atoms with van der Waals surface area (Å²) >= 11 is 6.73. The number of phenolic OH excluding ortho intramolecular Hbond substituents is 1. The molecule has 0 spiro atoms. The van der Waals surface area contributed by atoms with Crippen LogP contribution in [0.2, 0.25) is 0 Å². The third-order valence-corrected chi connectivity index (χ3v) is 4.01. The summed E-state index contributed by atoms with van der Waals surface area (Å²) in [6, 6.07) is 8.03. The second-order valence-corrected chi connectivity index (χ2v) is 6.02. The molecule has 0 aromatic heterocycles. The second-order valence-electron chi connectivity index (χ2n) is 4.31. The van der Waals surface area contributed by atoms with Crippen LogP contribution in [-0.2, 0) is 0 Å². The molecule has 0 fully saturated rings. The Morgan fingerprint density at radius 3 is 2.35 bits per heavy atom. The summed E-state index contributed by atoms with van der Waals surface area (Å²) in [6.07, 6.45) is 0. The Kier molecular flexibility index (Phi) is 4.35. The van der Waals surface area contributed by atoms with Gasteiger partial charge in [0.2, 0.25) is 0 Å². The maximum absolute atomic E-state index is 12.3. The van der Waals surface area contributed by atoms with Gasteiger partial charge in [-0.15, -0.1) is 0 Å². The van der Waals surface area contributed by atoms with E-state index in [-0.39, 0.29) is 11.7 Å². The normalized spacial score (nSPS) is 10.3. The number of amides is 1. The van der Waals surface area contributed by atoms with Gasteiger partial charge in [0.25, 0.3) is 5.91 Å². The summed E-state index contributed by atoms with van der Waals surface area (Å²) in [7, 11) is 0. The van der Waals surface area contributed by atoms with Gasteiger partial charge < -0.3 is 16.2 Å². The molecule has 0 radical (unpaired) electrons. The Balaban J connectivity index is 2.33. The van der Waals surface area contributed by atoms with Crippen LogP contribution in [0.5, 0.6) is 5.75 Å². The van der Waals surface area contributed by atoms with E-state index >= 15 is 0 Å². The first-order valence-electron chi connectivity index (χ1n) is 5.74. The third-order valence-electron chi connectivity index (χ3n) is 2.76. The zero-order valence-electron chi connectivity index (χ0n) is 10.6. The van der Waals surface area contributed by atoms with E-state index in [2.05, 4.69) is 37.2 Å². The number of anilines is 2. The molecular formula is C14H12Br2N2O2. The van der Waals surface area contributed by atoms with E-state index in [4.69, 9.17) is 5.73 Å². The van der Waals surface area contributed by atoms with Gasteiger partial charge in [0.1, 0.15) is 5.75 Å². The van der Waals surface area contributed by atoms with Crippen molar-refractivity contribution in [3.63, 3.8) is 0 Å². The van der Waals surface area contributed by atoms with Gasteiger partial charge in [-0.2, -0.15) is 0 Å². The molecule has 20 heavy (non-hydrogen) atoms. The number of nitrogens with one attached hydrogen (secondary N) is 1. The molecule has 2 aromatic rings. The van der Waals surface area contributed by atoms with E-state index in [1.807, 2.05) is 0 Å². The number of carbonyl (C=O) groups is 1. The lowest BCUT2D eigenvalue weighted by Crippen LogP contribution is -2.14. The molecule has 0 saturated heterocycles. The van der Waals surface area contributed by atoms with Gasteiger partial charge >= 0.3 is 0 Å². The van der Waals surface area contributed by atoms with Crippen molar-refractivity contribution in [1.82, 2.24) is 0 Å². The van der Waals surface area contributed by atoms with Crippen molar-refractivity contribution in [3.05, 3.63) is 50.4 Å². The van der Waals surface area contributed by atoms with Crippen LogP contribution in [0.4, 0.5) is 11.4 Å². The average Bonchev–Trinajstić information content (AvgIpc) is 2.33. The summed E-state index contributed by atoms with van der Waals surface area (Å²) < 4.78 is 1.38. The first-order valence-corrected chi connectivity index (χ1v) is 7.32. The highest BCUT2D eigenvalue weighted by Crippen LogP contribution is 2.34. The van der Waals surface area contributed by atoms with Crippen LogP contribution < -0.4 is 11.1 Å². The monoisotopic (exact) mass is 398 g/mol. The van der Waals surface area contributed by atoms with Crippen molar-refractivity contribution in [2.75, 3.05) is 11.1 Å². The Morgan fingerprint density at radius 1 is 1.20 bits per heavy atom. The van der Waals surface area contributed by atoms with Gasteiger partial charge in [0, 0.05) is 20.2 Å². The van der Waals surface area contributed by atoms with Crippen LogP contribution in [0.1, 0.15) is 15.9 Å². The van der Waals surface area contributed by atoms with Crippen LogP contribution in [-0.4, -0.2) is 11.0 Å². The minimum Gasteiger partial charge on any atom is -0.508 e. The van der Waals surface area contributed by atoms with Gasteiger partial charge in [-0.05, 0) is 74.7 Å². The number of nitrogen functional groups attached to an aromatic ring is 1. The number of aryl methyl sites for hydroxylation is 1. The van der Waals surface area contributed by atoms with Crippen LogP contribution in [0.3, 0.4) is 0 Å². The van der Waals surface area contributed by atoms with Crippen molar-refractivity contribution in [2.45, 2.75) is 6.92 Å². The van der Waals surface area contributed by atoms with Crippen molar-refractivity contribution in [1.29, 1.82) is 0 Å². The maximum Gasteiger partial charge on any atom is 0.255 e. The fourth-order valence-corrected chi connectivity index (χ4v) is 3.22. The predicted molar refractivity (Wildman–Crippen MR) is 87.1 cm³/mol. The Morgan fingerprint density at radius 2 is 1.80 bits per heavy atom. The minimum atomic E-state index is -0.256. The highest BCUT2D eigenvalue weighted by atomic mass is 79.9. The molecular weight excluding hydrogens is 388 g/mol. The van der Waals surface area contributed by atoms with E-state index in [0.29, 0.717) is 31.4 Å². The van der Waals surface area contributed by atoms with Crippen molar-refractivity contribution >= 4 is 49.1 Å². The van der Waals surface area contributed by atoms with Crippen molar-refractivity contribution < 1.29 is 9.90 Å². The molecule has 0 bridgehead atoms. The van der Waals surface area contributed by atoms with E-state index in [1.54, 1.807) is 31.2 Å². The minimum absolute atomic E-state index is 0.133. The molecule has 0 aliphatic carbocycles. The molecule has 6 heteroatoms. The first kappa shape index (κ1) is 14.9. The van der Waals surface area contributed by atoms with Crippen LogP contribution in [0.25, 0.3) is 0 Å². The molecule has 4 nitrogen and oxygen atoms in total. The molecule has 0 heterocycles. The second kappa shape index (κ2) is 5.85. The SMILES string of the molecule is Cc1cc(O)ccc1C(=O)Nc1c(Br)cc(N)cc1Br. The number of carbonyl (C=O) groups excluding carboxylic acids is 1. The molecule has 0 atom stereocenters. The van der Waals surface area contributed by atoms with E-state index in [0.717, 1.165) is 0 Å². The van der Waals surface area contributed by atoms with E-state index in [9.17, 15) is 9.90 Å². The summed E-state index contributed by atoms with van der Waals surface area (Å²) in [5, 5.41) is 12.2. The molecule has 104 valence electrons. The molecule has 2 aromatic carbocycles. The predicted octanol–water partition coefficient (Wildman–Crippen LogP) is 4.06. The molecule has 1 amide bonds.